The summed E-state index contributed by atoms with van der Waals surface area (Å²) >= 11 is 0. The SMILES string of the molecule is CN(C)C1(CNC(=O)Cc2ccc(N)cc2)CCCC1.Cl.Cl. The van der Waals surface area contributed by atoms with Gasteiger partial charge in [0.15, 0.2) is 0 Å². The third kappa shape index (κ3) is 5.34. The molecule has 3 N–H and O–H groups in total. The third-order valence-electron chi connectivity index (χ3n) is 4.44. The van der Waals surface area contributed by atoms with Gasteiger partial charge in [0.25, 0.3) is 0 Å². The molecule has 0 unspecified atom stereocenters. The number of nitrogens with one attached hydrogen (secondary N) is 1. The molecule has 22 heavy (non-hydrogen) atoms. The number of anilines is 1. The summed E-state index contributed by atoms with van der Waals surface area (Å²) in [6.45, 7) is 0.744. The summed E-state index contributed by atoms with van der Waals surface area (Å²) in [5.74, 6) is 0.0860. The standard InChI is InChI=1S/C16H25N3O.2ClH/c1-19(2)16(9-3-4-10-16)12-18-15(20)11-13-5-7-14(17)8-6-13;;/h5-8H,3-4,9-12,17H2,1-2H3,(H,18,20);2*1H. The van der Waals surface area contributed by atoms with Crippen LogP contribution in [0.1, 0.15) is 31.2 Å². The van der Waals surface area contributed by atoms with Crippen molar-refractivity contribution in [3.8, 4) is 0 Å². The number of nitrogen functional groups attached to an aromatic ring is 1. The van der Waals surface area contributed by atoms with Crippen LogP contribution < -0.4 is 11.1 Å². The molecule has 1 aromatic carbocycles. The van der Waals surface area contributed by atoms with Crippen LogP contribution in [-0.2, 0) is 11.2 Å². The first-order valence-electron chi connectivity index (χ1n) is 7.30. The topological polar surface area (TPSA) is 58.4 Å². The van der Waals surface area contributed by atoms with Gasteiger partial charge in [0.1, 0.15) is 0 Å². The molecule has 126 valence electrons. The Morgan fingerprint density at radius 1 is 1.18 bits per heavy atom. The molecule has 1 saturated carbocycles. The van der Waals surface area contributed by atoms with E-state index >= 15 is 0 Å². The smallest absolute Gasteiger partial charge is 0.224 e. The Balaban J connectivity index is 0.00000220. The maximum Gasteiger partial charge on any atom is 0.224 e. The number of rotatable bonds is 5. The van der Waals surface area contributed by atoms with E-state index < -0.39 is 0 Å². The predicted molar refractivity (Wildman–Crippen MR) is 97.0 cm³/mol. The molecule has 1 amide bonds. The fourth-order valence-corrected chi connectivity index (χ4v) is 2.96. The molecule has 1 aliphatic carbocycles. The average Bonchev–Trinajstić information content (AvgIpc) is 2.89. The fourth-order valence-electron chi connectivity index (χ4n) is 2.96. The second-order valence-corrected chi connectivity index (χ2v) is 6.02. The van der Waals surface area contributed by atoms with E-state index in [2.05, 4.69) is 24.3 Å². The summed E-state index contributed by atoms with van der Waals surface area (Å²) < 4.78 is 0. The molecule has 6 heteroatoms. The number of halogens is 2. The van der Waals surface area contributed by atoms with Crippen LogP contribution >= 0.6 is 24.8 Å². The highest BCUT2D eigenvalue weighted by atomic mass is 35.5. The Labute approximate surface area is 145 Å². The van der Waals surface area contributed by atoms with Gasteiger partial charge in [0, 0.05) is 17.8 Å². The minimum Gasteiger partial charge on any atom is -0.399 e. The molecular formula is C16H27Cl2N3O. The zero-order valence-corrected chi connectivity index (χ0v) is 14.9. The number of carbonyl (C=O) groups is 1. The first kappa shape index (κ1) is 21.0. The third-order valence-corrected chi connectivity index (χ3v) is 4.44. The Hall–Kier alpha value is -0.970. The van der Waals surface area contributed by atoms with Gasteiger partial charge >= 0.3 is 0 Å². The van der Waals surface area contributed by atoms with Crippen LogP contribution in [0.25, 0.3) is 0 Å². The van der Waals surface area contributed by atoms with Crippen molar-refractivity contribution in [1.29, 1.82) is 0 Å². The monoisotopic (exact) mass is 347 g/mol. The molecule has 1 aromatic rings. The van der Waals surface area contributed by atoms with E-state index in [-0.39, 0.29) is 36.3 Å². The Morgan fingerprint density at radius 3 is 2.23 bits per heavy atom. The minimum absolute atomic E-state index is 0. The van der Waals surface area contributed by atoms with E-state index in [9.17, 15) is 4.79 Å². The number of benzene rings is 1. The van der Waals surface area contributed by atoms with Crippen molar-refractivity contribution >= 4 is 36.4 Å². The van der Waals surface area contributed by atoms with Gasteiger partial charge in [-0.3, -0.25) is 4.79 Å². The lowest BCUT2D eigenvalue weighted by Crippen LogP contribution is -2.51. The number of hydrogen-bond donors (Lipinski definition) is 2. The van der Waals surface area contributed by atoms with Crippen LogP contribution in [0, 0.1) is 0 Å². The first-order chi connectivity index (χ1) is 9.52. The lowest BCUT2D eigenvalue weighted by molar-refractivity contribution is -0.121. The summed E-state index contributed by atoms with van der Waals surface area (Å²) in [7, 11) is 4.22. The van der Waals surface area contributed by atoms with Gasteiger partial charge in [0.2, 0.25) is 5.91 Å². The van der Waals surface area contributed by atoms with E-state index in [0.29, 0.717) is 6.42 Å². The van der Waals surface area contributed by atoms with Crippen LogP contribution in [-0.4, -0.2) is 37.0 Å². The molecule has 0 spiro atoms. The highest BCUT2D eigenvalue weighted by Crippen LogP contribution is 2.33. The summed E-state index contributed by atoms with van der Waals surface area (Å²) in [6.07, 6.45) is 5.27. The fraction of sp³-hybridized carbons (Fsp3) is 0.562. The van der Waals surface area contributed by atoms with Crippen molar-refractivity contribution in [1.82, 2.24) is 10.2 Å². The number of hydrogen-bond acceptors (Lipinski definition) is 3. The van der Waals surface area contributed by atoms with Gasteiger partial charge in [-0.15, -0.1) is 24.8 Å². The Morgan fingerprint density at radius 2 is 1.73 bits per heavy atom. The molecule has 1 aliphatic rings. The number of nitrogens with zero attached hydrogens (tertiary/aromatic N) is 1. The molecule has 0 saturated heterocycles. The number of carbonyl (C=O) groups excluding carboxylic acids is 1. The van der Waals surface area contributed by atoms with Gasteiger partial charge in [-0.25, -0.2) is 0 Å². The van der Waals surface area contributed by atoms with Crippen molar-refractivity contribution in [2.75, 3.05) is 26.4 Å². The number of nitrogens with two attached hydrogens (primary N) is 1. The summed E-state index contributed by atoms with van der Waals surface area (Å²) in [6, 6.07) is 7.49. The van der Waals surface area contributed by atoms with Crippen molar-refractivity contribution in [2.24, 2.45) is 0 Å². The molecule has 2 rings (SSSR count). The van der Waals surface area contributed by atoms with E-state index in [4.69, 9.17) is 5.73 Å². The normalized spacial score (nSPS) is 15.8. The van der Waals surface area contributed by atoms with Crippen molar-refractivity contribution in [3.05, 3.63) is 29.8 Å². The lowest BCUT2D eigenvalue weighted by atomic mass is 9.96. The van der Waals surface area contributed by atoms with Crippen LogP contribution in [0.5, 0.6) is 0 Å². The molecule has 0 aliphatic heterocycles. The lowest BCUT2D eigenvalue weighted by Gasteiger charge is -2.36. The van der Waals surface area contributed by atoms with Crippen LogP contribution in [0.2, 0.25) is 0 Å². The van der Waals surface area contributed by atoms with E-state index in [0.717, 1.165) is 17.8 Å². The zero-order valence-electron chi connectivity index (χ0n) is 13.3. The summed E-state index contributed by atoms with van der Waals surface area (Å²) in [4.78, 5) is 14.3. The summed E-state index contributed by atoms with van der Waals surface area (Å²) in [5.41, 5.74) is 7.52. The molecule has 1 fully saturated rings. The molecular weight excluding hydrogens is 321 g/mol. The van der Waals surface area contributed by atoms with E-state index in [1.54, 1.807) is 0 Å². The van der Waals surface area contributed by atoms with Crippen LogP contribution in [0.15, 0.2) is 24.3 Å². The van der Waals surface area contributed by atoms with Gasteiger partial charge in [-0.1, -0.05) is 25.0 Å². The zero-order chi connectivity index (χ0) is 14.6. The highest BCUT2D eigenvalue weighted by Gasteiger charge is 2.35. The molecule has 4 nitrogen and oxygen atoms in total. The van der Waals surface area contributed by atoms with Crippen LogP contribution in [0.4, 0.5) is 5.69 Å². The number of likely N-dealkylation sites (N-methyl/N-ethyl adjacent to an activating group) is 1. The van der Waals surface area contributed by atoms with Gasteiger partial charge < -0.3 is 16.0 Å². The minimum atomic E-state index is 0. The van der Waals surface area contributed by atoms with Crippen molar-refractivity contribution in [2.45, 2.75) is 37.6 Å². The molecule has 0 aromatic heterocycles. The highest BCUT2D eigenvalue weighted by molar-refractivity contribution is 5.85. The maximum atomic E-state index is 12.1. The quantitative estimate of drug-likeness (QED) is 0.805. The predicted octanol–water partition coefficient (Wildman–Crippen LogP) is 2.65. The second kappa shape index (κ2) is 9.23. The van der Waals surface area contributed by atoms with Gasteiger partial charge in [0.05, 0.1) is 6.42 Å². The largest absolute Gasteiger partial charge is 0.399 e. The second-order valence-electron chi connectivity index (χ2n) is 6.02. The molecule has 0 bridgehead atoms. The average molecular weight is 348 g/mol. The maximum absolute atomic E-state index is 12.1. The van der Waals surface area contributed by atoms with Crippen LogP contribution in [0.3, 0.4) is 0 Å². The molecule has 0 atom stereocenters. The molecule has 0 heterocycles. The van der Waals surface area contributed by atoms with Crippen molar-refractivity contribution in [3.63, 3.8) is 0 Å². The van der Waals surface area contributed by atoms with E-state index in [1.807, 2.05) is 24.3 Å². The Bertz CT molecular complexity index is 457. The summed E-state index contributed by atoms with van der Waals surface area (Å²) in [5, 5.41) is 3.10. The number of amides is 1. The first-order valence-corrected chi connectivity index (χ1v) is 7.30. The van der Waals surface area contributed by atoms with Gasteiger partial charge in [-0.05, 0) is 44.6 Å². The van der Waals surface area contributed by atoms with Gasteiger partial charge in [-0.2, -0.15) is 0 Å². The Kier molecular flexibility index (Phi) is 8.83. The van der Waals surface area contributed by atoms with Crippen molar-refractivity contribution < 1.29 is 4.79 Å². The van der Waals surface area contributed by atoms with E-state index in [1.165, 1.54) is 25.7 Å². The molecule has 0 radical (unpaired) electrons.